The van der Waals surface area contributed by atoms with Crippen molar-refractivity contribution in [3.63, 3.8) is 0 Å². The number of hydrogen-bond acceptors (Lipinski definition) is 5. The van der Waals surface area contributed by atoms with Crippen LogP contribution in [-0.4, -0.2) is 54.5 Å². The molecule has 0 aliphatic rings. The van der Waals surface area contributed by atoms with Crippen LogP contribution in [0.2, 0.25) is 0 Å². The van der Waals surface area contributed by atoms with Gasteiger partial charge in [-0.3, -0.25) is 0 Å². The van der Waals surface area contributed by atoms with Crippen molar-refractivity contribution in [2.75, 3.05) is 40.1 Å². The molecular formula is C16H29IN4O4S. The number of ether oxygens (including phenoxy) is 2. The number of benzene rings is 1. The van der Waals surface area contributed by atoms with Gasteiger partial charge in [-0.2, -0.15) is 0 Å². The largest absolute Gasteiger partial charge is 0.493 e. The van der Waals surface area contributed by atoms with E-state index < -0.39 is 10.0 Å². The molecule has 8 nitrogen and oxygen atoms in total. The molecule has 0 atom stereocenters. The van der Waals surface area contributed by atoms with E-state index in [2.05, 4.69) is 20.3 Å². The molecule has 0 amide bonds. The quantitative estimate of drug-likeness (QED) is 0.194. The summed E-state index contributed by atoms with van der Waals surface area (Å²) in [5.41, 5.74) is 0.994. The maximum atomic E-state index is 11.0. The van der Waals surface area contributed by atoms with Crippen molar-refractivity contribution in [3.05, 3.63) is 23.8 Å². The summed E-state index contributed by atoms with van der Waals surface area (Å²) in [7, 11) is 0.0575. The second-order valence-corrected chi connectivity index (χ2v) is 7.16. The van der Waals surface area contributed by atoms with Gasteiger partial charge in [0.2, 0.25) is 10.0 Å². The predicted molar refractivity (Wildman–Crippen MR) is 115 cm³/mol. The lowest BCUT2D eigenvalue weighted by Gasteiger charge is -2.12. The summed E-state index contributed by atoms with van der Waals surface area (Å²) in [6, 6.07) is 5.67. The Balaban J connectivity index is 0.00000625. The molecule has 0 saturated heterocycles. The predicted octanol–water partition coefficient (Wildman–Crippen LogP) is 1.32. The van der Waals surface area contributed by atoms with Gasteiger partial charge in [0.25, 0.3) is 0 Å². The second-order valence-electron chi connectivity index (χ2n) is 5.33. The second kappa shape index (κ2) is 13.0. The van der Waals surface area contributed by atoms with E-state index in [1.807, 2.05) is 25.1 Å². The highest BCUT2D eigenvalue weighted by Crippen LogP contribution is 2.27. The van der Waals surface area contributed by atoms with E-state index in [1.165, 1.54) is 0 Å². The fraction of sp³-hybridized carbons (Fsp3) is 0.562. The van der Waals surface area contributed by atoms with Crippen molar-refractivity contribution >= 4 is 40.0 Å². The lowest BCUT2D eigenvalue weighted by Crippen LogP contribution is -2.38. The van der Waals surface area contributed by atoms with Gasteiger partial charge in [-0.1, -0.05) is 6.07 Å². The first-order valence-electron chi connectivity index (χ1n) is 8.07. The first kappa shape index (κ1) is 24.7. The van der Waals surface area contributed by atoms with Crippen molar-refractivity contribution in [3.8, 4) is 11.5 Å². The van der Waals surface area contributed by atoms with E-state index in [1.54, 1.807) is 14.2 Å². The SMILES string of the molecule is CCNC(=NCc1ccc(OC)c(OC)c1)NCCCNS(C)(=O)=O.I. The Bertz CT molecular complexity index is 668. The third-order valence-corrected chi connectivity index (χ3v) is 3.95. The summed E-state index contributed by atoms with van der Waals surface area (Å²) in [4.78, 5) is 4.52. The molecule has 0 aromatic heterocycles. The van der Waals surface area contributed by atoms with Gasteiger partial charge in [0, 0.05) is 19.6 Å². The monoisotopic (exact) mass is 500 g/mol. The summed E-state index contributed by atoms with van der Waals surface area (Å²) < 4.78 is 35.0. The Morgan fingerprint density at radius 2 is 1.81 bits per heavy atom. The fourth-order valence-electron chi connectivity index (χ4n) is 2.04. The van der Waals surface area contributed by atoms with E-state index in [0.29, 0.717) is 43.5 Å². The van der Waals surface area contributed by atoms with Crippen LogP contribution < -0.4 is 24.8 Å². The Labute approximate surface area is 173 Å². The summed E-state index contributed by atoms with van der Waals surface area (Å²) in [5, 5.41) is 6.33. The van der Waals surface area contributed by atoms with Gasteiger partial charge < -0.3 is 20.1 Å². The van der Waals surface area contributed by atoms with Crippen LogP contribution in [0, 0.1) is 0 Å². The van der Waals surface area contributed by atoms with E-state index in [9.17, 15) is 8.42 Å². The molecule has 0 aliphatic carbocycles. The number of guanidine groups is 1. The summed E-state index contributed by atoms with van der Waals surface area (Å²) in [6.45, 7) is 4.21. The molecule has 3 N–H and O–H groups in total. The minimum Gasteiger partial charge on any atom is -0.493 e. The number of hydrogen-bond donors (Lipinski definition) is 3. The zero-order valence-corrected chi connectivity index (χ0v) is 18.8. The van der Waals surface area contributed by atoms with Crippen molar-refractivity contribution < 1.29 is 17.9 Å². The van der Waals surface area contributed by atoms with Crippen LogP contribution in [0.4, 0.5) is 0 Å². The van der Waals surface area contributed by atoms with E-state index in [-0.39, 0.29) is 24.0 Å². The van der Waals surface area contributed by atoms with Crippen LogP contribution >= 0.6 is 24.0 Å². The molecule has 0 aliphatic heterocycles. The van der Waals surface area contributed by atoms with E-state index >= 15 is 0 Å². The maximum Gasteiger partial charge on any atom is 0.208 e. The van der Waals surface area contributed by atoms with Crippen LogP contribution in [0.3, 0.4) is 0 Å². The number of aliphatic imine (C=N–C) groups is 1. The molecule has 1 rings (SSSR count). The lowest BCUT2D eigenvalue weighted by molar-refractivity contribution is 0.354. The molecule has 1 aromatic rings. The lowest BCUT2D eigenvalue weighted by atomic mass is 10.2. The Hall–Kier alpha value is -1.27. The van der Waals surface area contributed by atoms with Crippen LogP contribution in [-0.2, 0) is 16.6 Å². The third-order valence-electron chi connectivity index (χ3n) is 3.22. The normalized spacial score (nSPS) is 11.5. The van der Waals surface area contributed by atoms with E-state index in [0.717, 1.165) is 18.4 Å². The molecule has 150 valence electrons. The number of rotatable bonds is 10. The van der Waals surface area contributed by atoms with Crippen molar-refractivity contribution in [1.82, 2.24) is 15.4 Å². The molecule has 1 aromatic carbocycles. The molecule has 0 radical (unpaired) electrons. The van der Waals surface area contributed by atoms with Gasteiger partial charge in [0.1, 0.15) is 0 Å². The molecule has 0 bridgehead atoms. The number of halogens is 1. The number of nitrogens with one attached hydrogen (secondary N) is 3. The van der Waals surface area contributed by atoms with Gasteiger partial charge in [-0.25, -0.2) is 18.1 Å². The summed E-state index contributed by atoms with van der Waals surface area (Å²) in [6.07, 6.45) is 1.81. The number of sulfonamides is 1. The third kappa shape index (κ3) is 10.0. The molecule has 0 saturated carbocycles. The van der Waals surface area contributed by atoms with Crippen molar-refractivity contribution in [1.29, 1.82) is 0 Å². The molecule has 0 unspecified atom stereocenters. The molecule has 0 spiro atoms. The highest BCUT2D eigenvalue weighted by Gasteiger charge is 2.05. The zero-order chi connectivity index (χ0) is 18.7. The summed E-state index contributed by atoms with van der Waals surface area (Å²) >= 11 is 0. The molecular weight excluding hydrogens is 471 g/mol. The molecule has 10 heteroatoms. The van der Waals surface area contributed by atoms with Gasteiger partial charge in [0.05, 0.1) is 27.0 Å². The van der Waals surface area contributed by atoms with Gasteiger partial charge in [-0.05, 0) is 31.0 Å². The first-order chi connectivity index (χ1) is 11.9. The molecule has 26 heavy (non-hydrogen) atoms. The van der Waals surface area contributed by atoms with Gasteiger partial charge in [0.15, 0.2) is 17.5 Å². The molecule has 0 fully saturated rings. The molecule has 0 heterocycles. The Morgan fingerprint density at radius 3 is 2.38 bits per heavy atom. The average molecular weight is 500 g/mol. The summed E-state index contributed by atoms with van der Waals surface area (Å²) in [5.74, 6) is 2.02. The van der Waals surface area contributed by atoms with Gasteiger partial charge in [-0.15, -0.1) is 24.0 Å². The van der Waals surface area contributed by atoms with Crippen LogP contribution in [0.25, 0.3) is 0 Å². The highest BCUT2D eigenvalue weighted by molar-refractivity contribution is 14.0. The minimum atomic E-state index is -3.14. The topological polar surface area (TPSA) is 101 Å². The van der Waals surface area contributed by atoms with Crippen molar-refractivity contribution in [2.24, 2.45) is 4.99 Å². The highest BCUT2D eigenvalue weighted by atomic mass is 127. The zero-order valence-electron chi connectivity index (χ0n) is 15.7. The van der Waals surface area contributed by atoms with Crippen LogP contribution in [0.15, 0.2) is 23.2 Å². The number of methoxy groups -OCH3 is 2. The Morgan fingerprint density at radius 1 is 1.12 bits per heavy atom. The van der Waals surface area contributed by atoms with Crippen molar-refractivity contribution in [2.45, 2.75) is 19.9 Å². The van der Waals surface area contributed by atoms with E-state index in [4.69, 9.17) is 9.47 Å². The minimum absolute atomic E-state index is 0. The number of nitrogens with zero attached hydrogens (tertiary/aromatic N) is 1. The van der Waals surface area contributed by atoms with Gasteiger partial charge >= 0.3 is 0 Å². The first-order valence-corrected chi connectivity index (χ1v) is 9.96. The van der Waals surface area contributed by atoms with Crippen LogP contribution in [0.5, 0.6) is 11.5 Å². The fourth-order valence-corrected chi connectivity index (χ4v) is 2.56. The average Bonchev–Trinajstić information content (AvgIpc) is 2.57. The smallest absolute Gasteiger partial charge is 0.208 e. The maximum absolute atomic E-state index is 11.0. The van der Waals surface area contributed by atoms with Crippen LogP contribution in [0.1, 0.15) is 18.9 Å². The Kier molecular flexibility index (Phi) is 12.3. The standard InChI is InChI=1S/C16H28N4O4S.HI/c1-5-17-16(18-9-6-10-20-25(4,21)22)19-12-13-7-8-14(23-2)15(11-13)24-3;/h7-8,11,20H,5-6,9-10,12H2,1-4H3,(H2,17,18,19);1H.